The van der Waals surface area contributed by atoms with E-state index in [0.717, 1.165) is 11.3 Å². The van der Waals surface area contributed by atoms with Crippen molar-refractivity contribution >= 4 is 76.3 Å². The highest BCUT2D eigenvalue weighted by atomic mass is 16.5. The molecule has 0 aliphatic carbocycles. The number of amides is 5. The summed E-state index contributed by atoms with van der Waals surface area (Å²) in [6.45, 7) is 0.179. The number of ether oxygens (including phenoxy) is 2. The van der Waals surface area contributed by atoms with Crippen LogP contribution in [0.15, 0.2) is 84.4 Å². The molecule has 4 N–H and O–H groups in total. The topological polar surface area (TPSA) is 217 Å². The number of hydrogen-bond acceptors (Lipinski definition) is 10. The van der Waals surface area contributed by atoms with Gasteiger partial charge in [0.1, 0.15) is 11.4 Å². The van der Waals surface area contributed by atoms with Gasteiger partial charge in [0.25, 0.3) is 23.6 Å². The van der Waals surface area contributed by atoms with Crippen LogP contribution < -0.4 is 35.6 Å². The quantitative estimate of drug-likeness (QED) is 0.0846. The van der Waals surface area contributed by atoms with Crippen molar-refractivity contribution in [2.45, 2.75) is 25.3 Å². The van der Waals surface area contributed by atoms with Crippen molar-refractivity contribution in [2.24, 2.45) is 33.2 Å². The highest BCUT2D eigenvalue weighted by molar-refractivity contribution is 6.15. The molecule has 8 rings (SSSR count). The van der Waals surface area contributed by atoms with Crippen molar-refractivity contribution < 1.29 is 38.2 Å². The van der Waals surface area contributed by atoms with E-state index in [-0.39, 0.29) is 53.9 Å². The zero-order chi connectivity index (χ0) is 44.5. The van der Waals surface area contributed by atoms with Crippen molar-refractivity contribution in [3.8, 4) is 11.5 Å². The number of carbonyl (C=O) groups is 6. The standard InChI is InChI=1S/C44H43N11O8/c1-51-20-26(14-30(51)24-56)47-41(58)34-16-28(22-53(34)3)48-43(60)40-49-38(23-54(40)4)50-42(59)35-15-27(21-52(35)2)46-39(57)11-8-12-63-37-18-32-31(17-36(37)62-5)44(61)55-29(19-45-32)13-25-9-6-7-10-33(25)55/h6-7,9-10,14-24,29H,8,11-13H2,1-5H3,(H,46,57)(H,47,58)(H,48,60)(H,50,59). The molecule has 63 heavy (non-hydrogen) atoms. The van der Waals surface area contributed by atoms with Gasteiger partial charge in [0.2, 0.25) is 11.7 Å². The van der Waals surface area contributed by atoms with E-state index < -0.39 is 17.7 Å². The molecule has 0 saturated heterocycles. The zero-order valence-electron chi connectivity index (χ0n) is 35.0. The number of aromatic nitrogens is 5. The van der Waals surface area contributed by atoms with Gasteiger partial charge in [-0.2, -0.15) is 0 Å². The first-order chi connectivity index (χ1) is 30.3. The Morgan fingerprint density at radius 3 is 2.16 bits per heavy atom. The molecule has 6 heterocycles. The van der Waals surface area contributed by atoms with E-state index in [9.17, 15) is 28.8 Å². The van der Waals surface area contributed by atoms with E-state index in [1.54, 1.807) is 89.8 Å². The van der Waals surface area contributed by atoms with E-state index in [1.807, 2.05) is 24.3 Å². The molecule has 5 amide bonds. The van der Waals surface area contributed by atoms with Crippen molar-refractivity contribution in [2.75, 3.05) is 39.9 Å². The van der Waals surface area contributed by atoms with Crippen molar-refractivity contribution in [3.63, 3.8) is 0 Å². The molecule has 2 aliphatic rings. The summed E-state index contributed by atoms with van der Waals surface area (Å²) in [7, 11) is 8.08. The summed E-state index contributed by atoms with van der Waals surface area (Å²) in [5.41, 5.74) is 4.89. The van der Waals surface area contributed by atoms with Crippen LogP contribution in [0.1, 0.15) is 70.8 Å². The summed E-state index contributed by atoms with van der Waals surface area (Å²) in [4.78, 5) is 87.9. The molecule has 6 aromatic rings. The number of nitrogens with zero attached hydrogens (tertiary/aromatic N) is 7. The van der Waals surface area contributed by atoms with Crippen LogP contribution in [-0.4, -0.2) is 85.0 Å². The normalized spacial score (nSPS) is 13.7. The number of imidazole rings is 1. The fourth-order valence-electron chi connectivity index (χ4n) is 7.61. The Bertz CT molecular complexity index is 2860. The van der Waals surface area contributed by atoms with Gasteiger partial charge in [-0.05, 0) is 42.3 Å². The van der Waals surface area contributed by atoms with Gasteiger partial charge in [0, 0.05) is 83.8 Å². The number of nitrogens with one attached hydrogen (secondary N) is 4. The lowest BCUT2D eigenvalue weighted by Gasteiger charge is -2.22. The maximum atomic E-state index is 13.7. The van der Waals surface area contributed by atoms with Gasteiger partial charge >= 0.3 is 0 Å². The average Bonchev–Trinajstić information content (AvgIpc) is 4.07. The molecule has 322 valence electrons. The van der Waals surface area contributed by atoms with E-state index in [1.165, 1.54) is 30.0 Å². The Labute approximate surface area is 360 Å². The minimum atomic E-state index is -0.585. The SMILES string of the molecule is COc1cc2c(cc1OCCCC(=O)Nc1cc(C(=O)Nc3cn(C)c(C(=O)Nc4cc(C(=O)Nc5cc(C=O)n(C)c5)n(C)c4)n3)n(C)c1)N=CC1Cc3ccccc3N1C2=O. The molecule has 2 aliphatic heterocycles. The highest BCUT2D eigenvalue weighted by Crippen LogP contribution is 2.41. The molecule has 19 nitrogen and oxygen atoms in total. The number of carbonyl (C=O) groups excluding carboxylic acids is 6. The molecule has 19 heteroatoms. The first-order valence-electron chi connectivity index (χ1n) is 19.8. The van der Waals surface area contributed by atoms with Gasteiger partial charge in [-0.15, -0.1) is 0 Å². The molecule has 0 saturated carbocycles. The predicted molar refractivity (Wildman–Crippen MR) is 234 cm³/mol. The number of fused-ring (bicyclic) bond motifs is 4. The Balaban J connectivity index is 0.824. The van der Waals surface area contributed by atoms with E-state index >= 15 is 0 Å². The fraction of sp³-hybridized carbons (Fsp3) is 0.227. The summed E-state index contributed by atoms with van der Waals surface area (Å²) in [6, 6.07) is 15.5. The van der Waals surface area contributed by atoms with E-state index in [0.29, 0.717) is 64.6 Å². The number of aryl methyl sites for hydroxylation is 4. The third-order valence-electron chi connectivity index (χ3n) is 10.7. The number of rotatable bonds is 14. The zero-order valence-corrected chi connectivity index (χ0v) is 35.0. The molecule has 1 atom stereocenters. The van der Waals surface area contributed by atoms with Gasteiger partial charge < -0.3 is 49.0 Å². The monoisotopic (exact) mass is 853 g/mol. The lowest BCUT2D eigenvalue weighted by Crippen LogP contribution is -2.37. The van der Waals surface area contributed by atoms with Crippen LogP contribution in [0.5, 0.6) is 11.5 Å². The fourth-order valence-corrected chi connectivity index (χ4v) is 7.61. The summed E-state index contributed by atoms with van der Waals surface area (Å²) < 4.78 is 17.7. The van der Waals surface area contributed by atoms with E-state index in [4.69, 9.17) is 9.47 Å². The summed E-state index contributed by atoms with van der Waals surface area (Å²) in [5, 5.41) is 11.0. The summed E-state index contributed by atoms with van der Waals surface area (Å²) in [5.74, 6) is -1.15. The average molecular weight is 854 g/mol. The van der Waals surface area contributed by atoms with Crippen LogP contribution in [0.4, 0.5) is 34.3 Å². The van der Waals surface area contributed by atoms with Gasteiger partial charge in [-0.3, -0.25) is 38.7 Å². The van der Waals surface area contributed by atoms with Crippen LogP contribution in [0.3, 0.4) is 0 Å². The molecule has 0 bridgehead atoms. The highest BCUT2D eigenvalue weighted by Gasteiger charge is 2.36. The van der Waals surface area contributed by atoms with Gasteiger partial charge in [0.05, 0.1) is 53.8 Å². The first kappa shape index (κ1) is 41.5. The number of aldehydes is 1. The lowest BCUT2D eigenvalue weighted by molar-refractivity contribution is -0.116. The Hall–Kier alpha value is -8.22. The lowest BCUT2D eigenvalue weighted by atomic mass is 10.1. The number of aliphatic imine (C=N–C) groups is 1. The maximum Gasteiger partial charge on any atom is 0.291 e. The number of methoxy groups -OCH3 is 1. The van der Waals surface area contributed by atoms with Crippen LogP contribution >= 0.6 is 0 Å². The number of hydrogen-bond donors (Lipinski definition) is 4. The Morgan fingerprint density at radius 1 is 0.778 bits per heavy atom. The van der Waals surface area contributed by atoms with Gasteiger partial charge in [-0.1, -0.05) is 18.2 Å². The third-order valence-corrected chi connectivity index (χ3v) is 10.7. The third kappa shape index (κ3) is 8.43. The minimum Gasteiger partial charge on any atom is -0.493 e. The molecule has 0 spiro atoms. The largest absolute Gasteiger partial charge is 0.493 e. The first-order valence-corrected chi connectivity index (χ1v) is 19.8. The van der Waals surface area contributed by atoms with Crippen LogP contribution in [-0.2, 0) is 39.4 Å². The van der Waals surface area contributed by atoms with Crippen LogP contribution in [0.2, 0.25) is 0 Å². The van der Waals surface area contributed by atoms with Crippen LogP contribution in [0.25, 0.3) is 0 Å². The molecule has 0 radical (unpaired) electrons. The van der Waals surface area contributed by atoms with Crippen LogP contribution in [0, 0.1) is 0 Å². The molecule has 0 fully saturated rings. The second-order valence-corrected chi connectivity index (χ2v) is 15.1. The summed E-state index contributed by atoms with van der Waals surface area (Å²) >= 11 is 0. The maximum absolute atomic E-state index is 13.7. The number of para-hydroxylation sites is 1. The second kappa shape index (κ2) is 17.0. The number of anilines is 5. The van der Waals surface area contributed by atoms with Crippen molar-refractivity contribution in [1.82, 2.24) is 23.3 Å². The molecule has 4 aromatic heterocycles. The second-order valence-electron chi connectivity index (χ2n) is 15.1. The van der Waals surface area contributed by atoms with Crippen molar-refractivity contribution in [3.05, 3.63) is 113 Å². The minimum absolute atomic E-state index is 0.00875. The van der Waals surface area contributed by atoms with Gasteiger partial charge in [-0.25, -0.2) is 4.98 Å². The smallest absolute Gasteiger partial charge is 0.291 e. The molecule has 2 aromatic carbocycles. The van der Waals surface area contributed by atoms with Crippen molar-refractivity contribution in [1.29, 1.82) is 0 Å². The Kier molecular flexibility index (Phi) is 11.2. The molecular formula is C44H43N11O8. The molecular weight excluding hydrogens is 811 g/mol. The number of benzene rings is 2. The predicted octanol–water partition coefficient (Wildman–Crippen LogP) is 5.10. The van der Waals surface area contributed by atoms with E-state index in [2.05, 4.69) is 31.2 Å². The molecule has 1 unspecified atom stereocenters. The Morgan fingerprint density at radius 2 is 1.44 bits per heavy atom. The van der Waals surface area contributed by atoms with Gasteiger partial charge in [0.15, 0.2) is 23.6 Å². The summed E-state index contributed by atoms with van der Waals surface area (Å²) in [6.07, 6.45) is 9.88.